The van der Waals surface area contributed by atoms with Gasteiger partial charge in [0, 0.05) is 27.6 Å². The summed E-state index contributed by atoms with van der Waals surface area (Å²) >= 11 is 0. The van der Waals surface area contributed by atoms with E-state index in [4.69, 9.17) is 28.8 Å². The monoisotopic (exact) mass is 718 g/mol. The van der Waals surface area contributed by atoms with E-state index in [0.717, 1.165) is 88.3 Å². The smallest absolute Gasteiger partial charge is 0.227 e. The molecule has 6 nitrogen and oxygen atoms in total. The highest BCUT2D eigenvalue weighted by Crippen LogP contribution is 2.38. The second-order valence-electron chi connectivity index (χ2n) is 13.8. The number of hydrogen-bond acceptors (Lipinski definition) is 6. The first kappa shape index (κ1) is 31.8. The van der Waals surface area contributed by atoms with Gasteiger partial charge in [-0.3, -0.25) is 0 Å². The third kappa shape index (κ3) is 5.43. The van der Waals surface area contributed by atoms with Crippen LogP contribution in [0.15, 0.2) is 191 Å². The molecule has 3 heterocycles. The number of furan rings is 1. The average Bonchev–Trinajstić information content (AvgIpc) is 3.89. The Labute approximate surface area is 321 Å². The standard InChI is InChI=1S/C50H30N4O2/c1-3-11-34(12-4-1)47-52-48(35-13-5-2-6-14-35)54-49(53-47)40-28-27-37(38-15-7-8-16-39(38)40)33-23-19-31(20-24-33)32-21-25-36(26-22-32)50-51-46-44(56-50)30-29-43-45(46)41-17-9-10-18-42(41)55-43/h1-30H. The average molecular weight is 719 g/mol. The van der Waals surface area contributed by atoms with Crippen LogP contribution in [0.2, 0.25) is 0 Å². The molecule has 11 rings (SSSR count). The molecule has 0 saturated heterocycles. The van der Waals surface area contributed by atoms with Crippen molar-refractivity contribution in [1.82, 2.24) is 19.9 Å². The van der Waals surface area contributed by atoms with Crippen LogP contribution in [0, 0.1) is 0 Å². The SMILES string of the molecule is c1ccc(-c2nc(-c3ccccc3)nc(-c3ccc(-c4ccc(-c5ccc(-c6nc7c(ccc8oc9ccccc9c87)o6)cc5)cc4)c4ccccc34)n2)cc1. The predicted octanol–water partition coefficient (Wildman–Crippen LogP) is 13.1. The van der Waals surface area contributed by atoms with Crippen LogP contribution in [0.4, 0.5) is 0 Å². The Kier molecular flexibility index (Phi) is 7.38. The van der Waals surface area contributed by atoms with Crippen molar-refractivity contribution in [2.24, 2.45) is 0 Å². The maximum absolute atomic E-state index is 6.25. The highest BCUT2D eigenvalue weighted by molar-refractivity contribution is 6.16. The van der Waals surface area contributed by atoms with Crippen LogP contribution >= 0.6 is 0 Å². The van der Waals surface area contributed by atoms with Crippen LogP contribution in [0.1, 0.15) is 0 Å². The van der Waals surface area contributed by atoms with E-state index in [1.807, 2.05) is 91.0 Å². The van der Waals surface area contributed by atoms with Gasteiger partial charge < -0.3 is 8.83 Å². The van der Waals surface area contributed by atoms with Crippen molar-refractivity contribution in [2.75, 3.05) is 0 Å². The molecule has 0 atom stereocenters. The van der Waals surface area contributed by atoms with E-state index in [1.54, 1.807) is 0 Å². The third-order valence-electron chi connectivity index (χ3n) is 10.4. The first-order valence-corrected chi connectivity index (χ1v) is 18.5. The zero-order chi connectivity index (χ0) is 37.0. The summed E-state index contributed by atoms with van der Waals surface area (Å²) in [5, 5.41) is 4.22. The fraction of sp³-hybridized carbons (Fsp3) is 0. The van der Waals surface area contributed by atoms with E-state index >= 15 is 0 Å². The zero-order valence-electron chi connectivity index (χ0n) is 29.9. The van der Waals surface area contributed by atoms with Gasteiger partial charge in [0.2, 0.25) is 5.89 Å². The second-order valence-corrected chi connectivity index (χ2v) is 13.8. The van der Waals surface area contributed by atoms with Gasteiger partial charge in [0.15, 0.2) is 23.1 Å². The molecule has 0 N–H and O–H groups in total. The zero-order valence-corrected chi connectivity index (χ0v) is 29.9. The summed E-state index contributed by atoms with van der Waals surface area (Å²) in [6, 6.07) is 62.0. The largest absolute Gasteiger partial charge is 0.456 e. The minimum Gasteiger partial charge on any atom is -0.456 e. The van der Waals surface area contributed by atoms with E-state index in [1.165, 1.54) is 0 Å². The quantitative estimate of drug-likeness (QED) is 0.170. The van der Waals surface area contributed by atoms with Gasteiger partial charge in [-0.2, -0.15) is 0 Å². The van der Waals surface area contributed by atoms with Gasteiger partial charge in [0.1, 0.15) is 16.7 Å². The molecule has 11 aromatic rings. The molecular weight excluding hydrogens is 689 g/mol. The lowest BCUT2D eigenvalue weighted by Gasteiger charge is -2.13. The Bertz CT molecular complexity index is 3170. The molecule has 56 heavy (non-hydrogen) atoms. The molecular formula is C50H30N4O2. The highest BCUT2D eigenvalue weighted by Gasteiger charge is 2.18. The number of aromatic nitrogens is 4. The molecule has 0 bridgehead atoms. The number of hydrogen-bond donors (Lipinski definition) is 0. The third-order valence-corrected chi connectivity index (χ3v) is 10.4. The van der Waals surface area contributed by atoms with Crippen molar-refractivity contribution in [3.63, 3.8) is 0 Å². The Morgan fingerprint density at radius 2 is 0.786 bits per heavy atom. The summed E-state index contributed by atoms with van der Waals surface area (Å²) in [5.41, 5.74) is 11.5. The number of fused-ring (bicyclic) bond motifs is 6. The van der Waals surface area contributed by atoms with Gasteiger partial charge in [-0.15, -0.1) is 0 Å². The lowest BCUT2D eigenvalue weighted by Crippen LogP contribution is -2.00. The molecule has 0 saturated carbocycles. The van der Waals surface area contributed by atoms with Gasteiger partial charge in [0.05, 0.1) is 5.39 Å². The Hall–Kier alpha value is -7.70. The number of rotatable bonds is 6. The fourth-order valence-electron chi connectivity index (χ4n) is 7.65. The number of nitrogens with zero attached hydrogens (tertiary/aromatic N) is 4. The van der Waals surface area contributed by atoms with Gasteiger partial charge in [-0.05, 0) is 69.4 Å². The molecule has 8 aromatic carbocycles. The van der Waals surface area contributed by atoms with Gasteiger partial charge in [-0.1, -0.05) is 146 Å². The molecule has 6 heteroatoms. The lowest BCUT2D eigenvalue weighted by atomic mass is 9.93. The van der Waals surface area contributed by atoms with E-state index in [2.05, 4.69) is 91.0 Å². The Morgan fingerprint density at radius 1 is 0.286 bits per heavy atom. The Morgan fingerprint density at radius 3 is 1.45 bits per heavy atom. The highest BCUT2D eigenvalue weighted by atomic mass is 16.4. The van der Waals surface area contributed by atoms with Crippen LogP contribution in [0.25, 0.3) is 112 Å². The minimum atomic E-state index is 0.583. The van der Waals surface area contributed by atoms with Crippen molar-refractivity contribution in [2.45, 2.75) is 0 Å². The maximum Gasteiger partial charge on any atom is 0.227 e. The summed E-state index contributed by atoms with van der Waals surface area (Å²) in [6.45, 7) is 0. The molecule has 0 fully saturated rings. The number of benzene rings is 8. The predicted molar refractivity (Wildman–Crippen MR) is 225 cm³/mol. The van der Waals surface area contributed by atoms with Crippen LogP contribution in [-0.2, 0) is 0 Å². The topological polar surface area (TPSA) is 77.8 Å². The molecule has 0 amide bonds. The summed E-state index contributed by atoms with van der Waals surface area (Å²) in [6.07, 6.45) is 0. The molecule has 0 aliphatic carbocycles. The summed E-state index contributed by atoms with van der Waals surface area (Å²) < 4.78 is 12.3. The van der Waals surface area contributed by atoms with Gasteiger partial charge in [-0.25, -0.2) is 19.9 Å². The van der Waals surface area contributed by atoms with Crippen LogP contribution in [0.5, 0.6) is 0 Å². The van der Waals surface area contributed by atoms with Gasteiger partial charge >= 0.3 is 0 Å². The molecule has 0 aliphatic rings. The van der Waals surface area contributed by atoms with Crippen molar-refractivity contribution >= 4 is 43.8 Å². The van der Waals surface area contributed by atoms with Crippen LogP contribution in [-0.4, -0.2) is 19.9 Å². The second kappa shape index (κ2) is 13.0. The van der Waals surface area contributed by atoms with E-state index < -0.39 is 0 Å². The van der Waals surface area contributed by atoms with E-state index in [0.29, 0.717) is 23.4 Å². The summed E-state index contributed by atoms with van der Waals surface area (Å²) in [7, 11) is 0. The number of para-hydroxylation sites is 1. The van der Waals surface area contributed by atoms with Crippen molar-refractivity contribution < 1.29 is 8.83 Å². The first-order chi connectivity index (χ1) is 27.7. The number of oxazole rings is 1. The molecule has 0 unspecified atom stereocenters. The van der Waals surface area contributed by atoms with Crippen molar-refractivity contribution in [3.8, 4) is 67.9 Å². The maximum atomic E-state index is 6.25. The van der Waals surface area contributed by atoms with Gasteiger partial charge in [0.25, 0.3) is 0 Å². The van der Waals surface area contributed by atoms with Crippen molar-refractivity contribution in [1.29, 1.82) is 0 Å². The van der Waals surface area contributed by atoms with Crippen molar-refractivity contribution in [3.05, 3.63) is 182 Å². The summed E-state index contributed by atoms with van der Waals surface area (Å²) in [5.74, 6) is 2.51. The van der Waals surface area contributed by atoms with E-state index in [9.17, 15) is 0 Å². The van der Waals surface area contributed by atoms with E-state index in [-0.39, 0.29) is 0 Å². The van der Waals surface area contributed by atoms with Crippen LogP contribution < -0.4 is 0 Å². The molecule has 0 spiro atoms. The Balaban J connectivity index is 0.920. The minimum absolute atomic E-state index is 0.583. The fourth-order valence-corrected chi connectivity index (χ4v) is 7.65. The van der Waals surface area contributed by atoms with Crippen LogP contribution in [0.3, 0.4) is 0 Å². The first-order valence-electron chi connectivity index (χ1n) is 18.5. The molecule has 0 aliphatic heterocycles. The lowest BCUT2D eigenvalue weighted by molar-refractivity contribution is 0.619. The summed E-state index contributed by atoms with van der Waals surface area (Å²) in [4.78, 5) is 19.9. The molecule has 262 valence electrons. The normalized spacial score (nSPS) is 11.6. The molecule has 0 radical (unpaired) electrons. The molecule has 3 aromatic heterocycles.